The number of hydrogen-bond donors (Lipinski definition) is 0. The Hall–Kier alpha value is -3.15. The van der Waals surface area contributed by atoms with Gasteiger partial charge in [-0.2, -0.15) is 0 Å². The summed E-state index contributed by atoms with van der Waals surface area (Å²) in [5.74, 6) is 0.555. The van der Waals surface area contributed by atoms with Gasteiger partial charge in [-0.05, 0) is 56.0 Å². The molecule has 1 atom stereocenters. The van der Waals surface area contributed by atoms with E-state index in [1.54, 1.807) is 17.2 Å². The Morgan fingerprint density at radius 2 is 2.04 bits per heavy atom. The number of carbonyl (C=O) groups is 1. The molecule has 0 N–H and O–H groups in total. The van der Waals surface area contributed by atoms with Crippen molar-refractivity contribution < 1.29 is 9.53 Å². The number of likely N-dealkylation sites (tertiary alicyclic amines) is 1. The van der Waals surface area contributed by atoms with Crippen LogP contribution < -0.4 is 10.3 Å². The van der Waals surface area contributed by atoms with Crippen molar-refractivity contribution in [1.82, 2.24) is 14.3 Å². The van der Waals surface area contributed by atoms with Crippen molar-refractivity contribution in [3.05, 3.63) is 75.8 Å². The zero-order chi connectivity index (χ0) is 19.7. The predicted molar refractivity (Wildman–Crippen MR) is 107 cm³/mol. The highest BCUT2D eigenvalue weighted by Gasteiger charge is 2.32. The van der Waals surface area contributed by atoms with E-state index in [4.69, 9.17) is 4.74 Å². The van der Waals surface area contributed by atoms with Gasteiger partial charge in [0, 0.05) is 18.9 Å². The fraction of sp³-hybridized carbons (Fsp3) is 0.318. The SMILES string of the molecule is CCOc1ccc(C2CCCN2C(=O)c2cnc3c(C)cccn3c2=O)cc1. The van der Waals surface area contributed by atoms with Gasteiger partial charge in [0.25, 0.3) is 11.5 Å². The second kappa shape index (κ2) is 7.46. The van der Waals surface area contributed by atoms with E-state index < -0.39 is 0 Å². The van der Waals surface area contributed by atoms with Crippen LogP contribution in [0.4, 0.5) is 0 Å². The molecule has 4 rings (SSSR count). The molecule has 1 fully saturated rings. The van der Waals surface area contributed by atoms with Crippen molar-refractivity contribution >= 4 is 11.6 Å². The van der Waals surface area contributed by atoms with Gasteiger partial charge in [-0.1, -0.05) is 18.2 Å². The Kier molecular flexibility index (Phi) is 4.86. The summed E-state index contributed by atoms with van der Waals surface area (Å²) in [5, 5.41) is 0. The highest BCUT2D eigenvalue weighted by Crippen LogP contribution is 2.33. The van der Waals surface area contributed by atoms with Crippen LogP contribution in [0.2, 0.25) is 0 Å². The first-order valence-electron chi connectivity index (χ1n) is 9.61. The first kappa shape index (κ1) is 18.2. The number of benzene rings is 1. The largest absolute Gasteiger partial charge is 0.494 e. The summed E-state index contributed by atoms with van der Waals surface area (Å²) in [7, 11) is 0. The summed E-state index contributed by atoms with van der Waals surface area (Å²) < 4.78 is 6.95. The number of carbonyl (C=O) groups excluding carboxylic acids is 1. The Morgan fingerprint density at radius 1 is 1.25 bits per heavy atom. The van der Waals surface area contributed by atoms with Gasteiger partial charge in [-0.3, -0.25) is 14.0 Å². The van der Waals surface area contributed by atoms with Crippen molar-refractivity contribution in [3.8, 4) is 5.75 Å². The molecule has 1 amide bonds. The maximum Gasteiger partial charge on any atom is 0.270 e. The van der Waals surface area contributed by atoms with Crippen molar-refractivity contribution in [2.45, 2.75) is 32.7 Å². The summed E-state index contributed by atoms with van der Waals surface area (Å²) in [6.45, 7) is 5.09. The maximum absolute atomic E-state index is 13.2. The third kappa shape index (κ3) is 3.15. The topological polar surface area (TPSA) is 63.9 Å². The third-order valence-corrected chi connectivity index (χ3v) is 5.25. The van der Waals surface area contributed by atoms with E-state index in [0.29, 0.717) is 18.8 Å². The molecule has 2 aromatic heterocycles. The molecule has 1 unspecified atom stereocenters. The molecule has 0 bridgehead atoms. The monoisotopic (exact) mass is 377 g/mol. The Morgan fingerprint density at radius 3 is 2.79 bits per heavy atom. The molecule has 28 heavy (non-hydrogen) atoms. The lowest BCUT2D eigenvalue weighted by Gasteiger charge is -2.25. The minimum absolute atomic E-state index is 0.0409. The minimum Gasteiger partial charge on any atom is -0.494 e. The molecule has 0 spiro atoms. The smallest absolute Gasteiger partial charge is 0.270 e. The average Bonchev–Trinajstić information content (AvgIpc) is 3.19. The molecule has 0 aliphatic carbocycles. The summed E-state index contributed by atoms with van der Waals surface area (Å²) in [4.78, 5) is 32.2. The van der Waals surface area contributed by atoms with Crippen molar-refractivity contribution in [2.75, 3.05) is 13.2 Å². The van der Waals surface area contributed by atoms with Crippen molar-refractivity contribution in [1.29, 1.82) is 0 Å². The number of amides is 1. The van der Waals surface area contributed by atoms with Gasteiger partial charge in [-0.25, -0.2) is 4.98 Å². The van der Waals surface area contributed by atoms with Gasteiger partial charge in [-0.15, -0.1) is 0 Å². The average molecular weight is 377 g/mol. The Balaban J connectivity index is 1.66. The van der Waals surface area contributed by atoms with Gasteiger partial charge in [0.1, 0.15) is 17.0 Å². The van der Waals surface area contributed by atoms with Crippen LogP contribution in [0, 0.1) is 6.92 Å². The minimum atomic E-state index is -0.323. The normalized spacial score (nSPS) is 16.5. The first-order chi connectivity index (χ1) is 13.6. The van der Waals surface area contributed by atoms with Crippen LogP contribution in [0.15, 0.2) is 53.6 Å². The third-order valence-electron chi connectivity index (χ3n) is 5.25. The van der Waals surface area contributed by atoms with E-state index in [2.05, 4.69) is 4.98 Å². The van der Waals surface area contributed by atoms with E-state index in [-0.39, 0.29) is 23.1 Å². The van der Waals surface area contributed by atoms with Crippen LogP contribution >= 0.6 is 0 Å². The molecular formula is C22H23N3O3. The molecule has 1 saturated heterocycles. The second-order valence-electron chi connectivity index (χ2n) is 7.02. The lowest BCUT2D eigenvalue weighted by Crippen LogP contribution is -2.35. The number of rotatable bonds is 4. The Bertz CT molecular complexity index is 1070. The highest BCUT2D eigenvalue weighted by atomic mass is 16.5. The molecule has 1 aliphatic heterocycles. The van der Waals surface area contributed by atoms with Gasteiger partial charge < -0.3 is 9.64 Å². The Labute approximate surface area is 163 Å². The molecule has 3 heterocycles. The van der Waals surface area contributed by atoms with E-state index in [1.165, 1.54) is 10.6 Å². The standard InChI is InChI=1S/C22H23N3O3/c1-3-28-17-10-8-16(9-11-17)19-7-5-12-24(19)21(26)18-14-23-20-15(2)6-4-13-25(20)22(18)27/h4,6,8-11,13-14,19H,3,5,7,12H2,1-2H3. The number of nitrogens with zero attached hydrogens (tertiary/aromatic N) is 3. The van der Waals surface area contributed by atoms with Gasteiger partial charge in [0.2, 0.25) is 0 Å². The van der Waals surface area contributed by atoms with Gasteiger partial charge in [0.15, 0.2) is 0 Å². The number of fused-ring (bicyclic) bond motifs is 1. The van der Waals surface area contributed by atoms with Crippen molar-refractivity contribution in [2.24, 2.45) is 0 Å². The second-order valence-corrected chi connectivity index (χ2v) is 7.02. The fourth-order valence-corrected chi connectivity index (χ4v) is 3.86. The number of aromatic nitrogens is 2. The molecule has 6 heteroatoms. The molecule has 0 saturated carbocycles. The number of hydrogen-bond acceptors (Lipinski definition) is 4. The van der Waals surface area contributed by atoms with Crippen LogP contribution in [0.3, 0.4) is 0 Å². The van der Waals surface area contributed by atoms with Crippen LogP contribution in [0.25, 0.3) is 5.65 Å². The molecule has 144 valence electrons. The van der Waals surface area contributed by atoms with E-state index in [0.717, 1.165) is 29.7 Å². The molecular weight excluding hydrogens is 354 g/mol. The molecule has 1 aromatic carbocycles. The number of aryl methyl sites for hydroxylation is 1. The number of pyridine rings is 1. The van der Waals surface area contributed by atoms with Crippen LogP contribution in [0.5, 0.6) is 5.75 Å². The predicted octanol–water partition coefficient (Wildman–Crippen LogP) is 3.38. The molecule has 3 aromatic rings. The molecule has 6 nitrogen and oxygen atoms in total. The zero-order valence-electron chi connectivity index (χ0n) is 16.1. The van der Waals surface area contributed by atoms with Gasteiger partial charge >= 0.3 is 0 Å². The lowest BCUT2D eigenvalue weighted by molar-refractivity contribution is 0.0733. The van der Waals surface area contributed by atoms with E-state index >= 15 is 0 Å². The van der Waals surface area contributed by atoms with Crippen molar-refractivity contribution in [3.63, 3.8) is 0 Å². The fourth-order valence-electron chi connectivity index (χ4n) is 3.86. The maximum atomic E-state index is 13.2. The first-order valence-corrected chi connectivity index (χ1v) is 9.61. The van der Waals surface area contributed by atoms with Gasteiger partial charge in [0.05, 0.1) is 12.6 Å². The zero-order valence-corrected chi connectivity index (χ0v) is 16.1. The number of ether oxygens (including phenoxy) is 1. The summed E-state index contributed by atoms with van der Waals surface area (Å²) in [6.07, 6.45) is 4.86. The van der Waals surface area contributed by atoms with Crippen LogP contribution in [-0.2, 0) is 0 Å². The summed E-state index contributed by atoms with van der Waals surface area (Å²) in [5.41, 5.74) is 2.32. The summed E-state index contributed by atoms with van der Waals surface area (Å²) >= 11 is 0. The van der Waals surface area contributed by atoms with Crippen LogP contribution in [-0.4, -0.2) is 33.3 Å². The molecule has 1 aliphatic rings. The quantitative estimate of drug-likeness (QED) is 0.699. The summed E-state index contributed by atoms with van der Waals surface area (Å²) in [6, 6.07) is 11.5. The molecule has 0 radical (unpaired) electrons. The lowest BCUT2D eigenvalue weighted by atomic mass is 10.0. The van der Waals surface area contributed by atoms with Crippen LogP contribution in [0.1, 0.15) is 47.3 Å². The highest BCUT2D eigenvalue weighted by molar-refractivity contribution is 5.94. The van der Waals surface area contributed by atoms with E-state index in [9.17, 15) is 9.59 Å². The van der Waals surface area contributed by atoms with E-state index in [1.807, 2.05) is 44.2 Å².